The summed E-state index contributed by atoms with van der Waals surface area (Å²) in [5.74, 6) is 0.308. The number of amides is 1. The molecule has 0 aliphatic carbocycles. The molecule has 0 saturated heterocycles. The second-order valence-corrected chi connectivity index (χ2v) is 3.70. The maximum atomic E-state index is 11.2. The van der Waals surface area contributed by atoms with Gasteiger partial charge in [0.15, 0.2) is 0 Å². The van der Waals surface area contributed by atoms with E-state index >= 15 is 0 Å². The van der Waals surface area contributed by atoms with Gasteiger partial charge < -0.3 is 15.6 Å². The first-order valence-electron chi connectivity index (χ1n) is 4.87. The third-order valence-corrected chi connectivity index (χ3v) is 2.64. The van der Waals surface area contributed by atoms with E-state index in [9.17, 15) is 4.79 Å². The molecule has 1 amide bonds. The summed E-state index contributed by atoms with van der Waals surface area (Å²) in [4.78, 5) is 11.2. The summed E-state index contributed by atoms with van der Waals surface area (Å²) in [5, 5.41) is 6.40. The number of carbonyl (C=O) groups is 1. The van der Waals surface area contributed by atoms with Gasteiger partial charge in [0.05, 0.1) is 18.2 Å². The normalized spacial score (nSPS) is 13.6. The largest absolute Gasteiger partial charge is 0.367 e. The lowest BCUT2D eigenvalue weighted by Crippen LogP contribution is -2.03. The molecule has 3 N–H and O–H groups in total. The van der Waals surface area contributed by atoms with Gasteiger partial charge in [-0.1, -0.05) is 11.2 Å². The number of aromatic nitrogens is 1. The smallest absolute Gasteiger partial charge is 0.229 e. The van der Waals surface area contributed by atoms with Crippen molar-refractivity contribution in [3.8, 4) is 11.1 Å². The average molecular weight is 215 g/mol. The van der Waals surface area contributed by atoms with Crippen molar-refractivity contribution >= 4 is 17.5 Å². The standard InChI is InChI=1S/C11H9N3O2/c12-11-8(5-13-16-11)6-1-2-9-7(3-6)4-10(15)14-9/h1-3,5H,4,12H2,(H,14,15). The van der Waals surface area contributed by atoms with Gasteiger partial charge in [0, 0.05) is 5.69 Å². The molecule has 2 heterocycles. The van der Waals surface area contributed by atoms with Crippen LogP contribution in [0.5, 0.6) is 0 Å². The van der Waals surface area contributed by atoms with Gasteiger partial charge in [0.1, 0.15) is 0 Å². The van der Waals surface area contributed by atoms with Crippen LogP contribution in [-0.2, 0) is 11.2 Å². The van der Waals surface area contributed by atoms with Crippen LogP contribution in [0.4, 0.5) is 11.6 Å². The summed E-state index contributed by atoms with van der Waals surface area (Å²) in [6.45, 7) is 0. The van der Waals surface area contributed by atoms with Crippen LogP contribution in [0.15, 0.2) is 28.9 Å². The van der Waals surface area contributed by atoms with Crippen molar-refractivity contribution in [1.82, 2.24) is 5.16 Å². The maximum Gasteiger partial charge on any atom is 0.229 e. The quantitative estimate of drug-likeness (QED) is 0.753. The molecule has 2 aromatic rings. The van der Waals surface area contributed by atoms with Gasteiger partial charge in [-0.05, 0) is 23.3 Å². The lowest BCUT2D eigenvalue weighted by atomic mass is 10.0. The molecule has 1 aromatic carbocycles. The zero-order valence-corrected chi connectivity index (χ0v) is 8.36. The summed E-state index contributed by atoms with van der Waals surface area (Å²) >= 11 is 0. The summed E-state index contributed by atoms with van der Waals surface area (Å²) < 4.78 is 4.80. The molecular weight excluding hydrogens is 206 g/mol. The molecule has 3 rings (SSSR count). The third kappa shape index (κ3) is 1.25. The number of hydrogen-bond acceptors (Lipinski definition) is 4. The van der Waals surface area contributed by atoms with Crippen LogP contribution in [-0.4, -0.2) is 11.1 Å². The Bertz CT molecular complexity index is 574. The first-order chi connectivity index (χ1) is 7.74. The van der Waals surface area contributed by atoms with Gasteiger partial charge in [-0.3, -0.25) is 4.79 Å². The van der Waals surface area contributed by atoms with Crippen LogP contribution >= 0.6 is 0 Å². The van der Waals surface area contributed by atoms with E-state index in [1.165, 1.54) is 0 Å². The molecule has 0 bridgehead atoms. The van der Waals surface area contributed by atoms with Crippen LogP contribution in [0, 0.1) is 0 Å². The van der Waals surface area contributed by atoms with Gasteiger partial charge >= 0.3 is 0 Å². The summed E-state index contributed by atoms with van der Waals surface area (Å²) in [7, 11) is 0. The van der Waals surface area contributed by atoms with Gasteiger partial charge in [-0.2, -0.15) is 0 Å². The Morgan fingerprint density at radius 3 is 3.06 bits per heavy atom. The number of benzene rings is 1. The number of carbonyl (C=O) groups excluding carboxylic acids is 1. The highest BCUT2D eigenvalue weighted by atomic mass is 16.5. The SMILES string of the molecule is Nc1oncc1-c1ccc2c(c1)CC(=O)N2. The van der Waals surface area contributed by atoms with Crippen molar-refractivity contribution in [2.24, 2.45) is 0 Å². The molecule has 1 aromatic heterocycles. The monoisotopic (exact) mass is 215 g/mol. The van der Waals surface area contributed by atoms with Crippen molar-refractivity contribution in [2.45, 2.75) is 6.42 Å². The lowest BCUT2D eigenvalue weighted by molar-refractivity contribution is -0.115. The fraction of sp³-hybridized carbons (Fsp3) is 0.0909. The summed E-state index contributed by atoms with van der Waals surface area (Å²) in [6.07, 6.45) is 1.98. The first-order valence-corrected chi connectivity index (χ1v) is 4.87. The molecule has 5 nitrogen and oxygen atoms in total. The molecular formula is C11H9N3O2. The molecule has 16 heavy (non-hydrogen) atoms. The minimum Gasteiger partial charge on any atom is -0.367 e. The number of nitrogens with zero attached hydrogens (tertiary/aromatic N) is 1. The number of nitrogens with one attached hydrogen (secondary N) is 1. The molecule has 5 heteroatoms. The Hall–Kier alpha value is -2.30. The van der Waals surface area contributed by atoms with Crippen molar-refractivity contribution in [3.63, 3.8) is 0 Å². The van der Waals surface area contributed by atoms with Crippen LogP contribution in [0.3, 0.4) is 0 Å². The van der Waals surface area contributed by atoms with Gasteiger partial charge in [-0.15, -0.1) is 0 Å². The number of nitrogen functional groups attached to an aromatic ring is 1. The number of hydrogen-bond donors (Lipinski definition) is 2. The molecule has 1 aliphatic rings. The second-order valence-electron chi connectivity index (χ2n) is 3.70. The van der Waals surface area contributed by atoms with Crippen LogP contribution in [0.1, 0.15) is 5.56 Å². The van der Waals surface area contributed by atoms with Crippen molar-refractivity contribution < 1.29 is 9.32 Å². The fourth-order valence-electron chi connectivity index (χ4n) is 1.86. The molecule has 0 unspecified atom stereocenters. The zero-order valence-electron chi connectivity index (χ0n) is 8.36. The average Bonchev–Trinajstić information content (AvgIpc) is 2.81. The number of rotatable bonds is 1. The minimum absolute atomic E-state index is 0.0189. The van der Waals surface area contributed by atoms with Crippen molar-refractivity contribution in [2.75, 3.05) is 11.1 Å². The molecule has 0 fully saturated rings. The predicted octanol–water partition coefficient (Wildman–Crippen LogP) is 1.42. The zero-order chi connectivity index (χ0) is 11.1. The third-order valence-electron chi connectivity index (χ3n) is 2.64. The number of nitrogens with two attached hydrogens (primary N) is 1. The molecule has 80 valence electrons. The molecule has 0 spiro atoms. The summed E-state index contributed by atoms with van der Waals surface area (Å²) in [5.41, 5.74) is 9.14. The van der Waals surface area contributed by atoms with E-state index in [1.807, 2.05) is 18.2 Å². The van der Waals surface area contributed by atoms with Crippen LogP contribution in [0.25, 0.3) is 11.1 Å². The number of fused-ring (bicyclic) bond motifs is 1. The van der Waals surface area contributed by atoms with Gasteiger partial charge in [0.2, 0.25) is 11.8 Å². The van der Waals surface area contributed by atoms with E-state index in [-0.39, 0.29) is 11.8 Å². The van der Waals surface area contributed by atoms with E-state index in [2.05, 4.69) is 10.5 Å². The van der Waals surface area contributed by atoms with Crippen LogP contribution in [0.2, 0.25) is 0 Å². The molecule has 0 radical (unpaired) electrons. The van der Waals surface area contributed by atoms with Gasteiger partial charge in [0.25, 0.3) is 0 Å². The highest BCUT2D eigenvalue weighted by Crippen LogP contribution is 2.31. The van der Waals surface area contributed by atoms with Crippen molar-refractivity contribution in [1.29, 1.82) is 0 Å². The minimum atomic E-state index is 0.0189. The van der Waals surface area contributed by atoms with E-state index < -0.39 is 0 Å². The Balaban J connectivity index is 2.09. The lowest BCUT2D eigenvalue weighted by Gasteiger charge is -2.01. The van der Waals surface area contributed by atoms with Crippen molar-refractivity contribution in [3.05, 3.63) is 30.0 Å². The van der Waals surface area contributed by atoms with E-state index in [4.69, 9.17) is 10.3 Å². The van der Waals surface area contributed by atoms with E-state index in [1.54, 1.807) is 6.20 Å². The van der Waals surface area contributed by atoms with Crippen LogP contribution < -0.4 is 11.1 Å². The second kappa shape index (κ2) is 3.10. The Morgan fingerprint density at radius 1 is 1.44 bits per heavy atom. The number of anilines is 2. The fourth-order valence-corrected chi connectivity index (χ4v) is 1.86. The molecule has 1 aliphatic heterocycles. The Labute approximate surface area is 91.2 Å². The first kappa shape index (κ1) is 8.96. The highest BCUT2D eigenvalue weighted by Gasteiger charge is 2.18. The molecule has 0 atom stereocenters. The Morgan fingerprint density at radius 2 is 2.31 bits per heavy atom. The molecule has 0 saturated carbocycles. The van der Waals surface area contributed by atoms with E-state index in [0.29, 0.717) is 6.42 Å². The van der Waals surface area contributed by atoms with E-state index in [0.717, 1.165) is 22.4 Å². The summed E-state index contributed by atoms with van der Waals surface area (Å²) in [6, 6.07) is 5.67. The topological polar surface area (TPSA) is 81.2 Å². The predicted molar refractivity (Wildman–Crippen MR) is 58.7 cm³/mol. The van der Waals surface area contributed by atoms with Gasteiger partial charge in [-0.25, -0.2) is 0 Å². The highest BCUT2D eigenvalue weighted by molar-refractivity contribution is 5.99. The maximum absolute atomic E-state index is 11.2. The Kier molecular flexibility index (Phi) is 1.73.